The average molecular weight is 202 g/mol. The summed E-state index contributed by atoms with van der Waals surface area (Å²) in [6.07, 6.45) is 7.15. The Hall–Kier alpha value is -2.03. The van der Waals surface area contributed by atoms with Crippen LogP contribution >= 0.6 is 0 Å². The van der Waals surface area contributed by atoms with E-state index >= 15 is 0 Å². The van der Waals surface area contributed by atoms with E-state index in [1.54, 1.807) is 24.3 Å². The van der Waals surface area contributed by atoms with Crippen LogP contribution in [0, 0.1) is 5.92 Å². The van der Waals surface area contributed by atoms with Crippen molar-refractivity contribution < 1.29 is 14.6 Å². The van der Waals surface area contributed by atoms with E-state index in [4.69, 9.17) is 9.84 Å². The predicted octanol–water partition coefficient (Wildman–Crippen LogP) is 2.04. The number of carbonyl (C=O) groups is 1. The summed E-state index contributed by atoms with van der Waals surface area (Å²) in [5.74, 6) is -0.0218. The number of phenols is 1. The van der Waals surface area contributed by atoms with E-state index in [1.165, 1.54) is 12.1 Å². The minimum atomic E-state index is -0.314. The van der Waals surface area contributed by atoms with E-state index in [0.29, 0.717) is 5.75 Å². The maximum atomic E-state index is 11.5. The highest BCUT2D eigenvalue weighted by Crippen LogP contribution is 2.18. The van der Waals surface area contributed by atoms with Crippen LogP contribution < -0.4 is 4.74 Å². The molecule has 15 heavy (non-hydrogen) atoms. The Balaban J connectivity index is 2.02. The third kappa shape index (κ3) is 2.26. The van der Waals surface area contributed by atoms with Gasteiger partial charge in [0.05, 0.1) is 5.92 Å². The molecule has 0 spiro atoms. The van der Waals surface area contributed by atoms with Crippen molar-refractivity contribution in [1.82, 2.24) is 0 Å². The maximum Gasteiger partial charge on any atom is 0.322 e. The zero-order chi connectivity index (χ0) is 10.7. The normalized spacial score (nSPS) is 14.4. The van der Waals surface area contributed by atoms with Gasteiger partial charge in [-0.2, -0.15) is 0 Å². The van der Waals surface area contributed by atoms with E-state index in [9.17, 15) is 4.79 Å². The standard InChI is InChI=1S/C12H10O3/c13-10-5-7-11(8-6-10)15-12(14)9-3-1-2-4-9/h1-9,13H. The number of allylic oxidation sites excluding steroid dienone is 2. The van der Waals surface area contributed by atoms with Gasteiger partial charge in [-0.3, -0.25) is 4.79 Å². The summed E-state index contributed by atoms with van der Waals surface area (Å²) >= 11 is 0. The number of benzene rings is 1. The van der Waals surface area contributed by atoms with E-state index in [0.717, 1.165) is 0 Å². The molecule has 0 aromatic heterocycles. The molecule has 0 unspecified atom stereocenters. The number of aromatic hydroxyl groups is 1. The topological polar surface area (TPSA) is 46.5 Å². The lowest BCUT2D eigenvalue weighted by Gasteiger charge is -2.06. The van der Waals surface area contributed by atoms with Crippen LogP contribution in [0.15, 0.2) is 48.6 Å². The van der Waals surface area contributed by atoms with Crippen LogP contribution in [0.4, 0.5) is 0 Å². The van der Waals surface area contributed by atoms with Crippen molar-refractivity contribution in [1.29, 1.82) is 0 Å². The van der Waals surface area contributed by atoms with Gasteiger partial charge >= 0.3 is 5.97 Å². The zero-order valence-corrected chi connectivity index (χ0v) is 7.96. The molecule has 3 heteroatoms. The number of phenolic OH excluding ortho intramolecular Hbond substituents is 1. The first-order valence-electron chi connectivity index (χ1n) is 4.61. The van der Waals surface area contributed by atoms with Crippen molar-refractivity contribution in [2.45, 2.75) is 0 Å². The van der Waals surface area contributed by atoms with Crippen molar-refractivity contribution in [2.24, 2.45) is 5.92 Å². The van der Waals surface area contributed by atoms with Crippen LogP contribution in [0.2, 0.25) is 0 Å². The molecule has 0 aliphatic heterocycles. The SMILES string of the molecule is O=C(Oc1ccc(O)cc1)C1C=CC=C1. The highest BCUT2D eigenvalue weighted by atomic mass is 16.5. The molecule has 0 amide bonds. The Morgan fingerprint density at radius 2 is 1.73 bits per heavy atom. The van der Waals surface area contributed by atoms with Crippen molar-refractivity contribution in [2.75, 3.05) is 0 Å². The minimum Gasteiger partial charge on any atom is -0.508 e. The summed E-state index contributed by atoms with van der Waals surface area (Å²) in [7, 11) is 0. The lowest BCUT2D eigenvalue weighted by atomic mass is 10.2. The molecule has 1 N–H and O–H groups in total. The monoisotopic (exact) mass is 202 g/mol. The average Bonchev–Trinajstić information content (AvgIpc) is 2.74. The highest BCUT2D eigenvalue weighted by Gasteiger charge is 2.16. The van der Waals surface area contributed by atoms with Crippen LogP contribution in [0.1, 0.15) is 0 Å². The summed E-state index contributed by atoms with van der Waals surface area (Å²) in [5, 5.41) is 9.04. The summed E-state index contributed by atoms with van der Waals surface area (Å²) in [4.78, 5) is 11.5. The van der Waals surface area contributed by atoms with Gasteiger partial charge < -0.3 is 9.84 Å². The largest absolute Gasteiger partial charge is 0.508 e. The number of esters is 1. The Morgan fingerprint density at radius 3 is 2.33 bits per heavy atom. The molecule has 76 valence electrons. The zero-order valence-electron chi connectivity index (χ0n) is 7.96. The summed E-state index contributed by atoms with van der Waals surface area (Å²) in [6, 6.07) is 6.05. The third-order valence-corrected chi connectivity index (χ3v) is 2.08. The van der Waals surface area contributed by atoms with Crippen molar-refractivity contribution in [3.05, 3.63) is 48.6 Å². The van der Waals surface area contributed by atoms with Gasteiger partial charge in [0, 0.05) is 0 Å². The molecule has 0 saturated heterocycles. The lowest BCUT2D eigenvalue weighted by molar-refractivity contribution is -0.135. The predicted molar refractivity (Wildman–Crippen MR) is 55.5 cm³/mol. The van der Waals surface area contributed by atoms with Gasteiger partial charge in [0.25, 0.3) is 0 Å². The fourth-order valence-electron chi connectivity index (χ4n) is 1.29. The molecular formula is C12H10O3. The first kappa shape index (κ1) is 9.52. The van der Waals surface area contributed by atoms with E-state index in [-0.39, 0.29) is 17.6 Å². The second kappa shape index (κ2) is 4.00. The number of carbonyl (C=O) groups excluding carboxylic acids is 1. The van der Waals surface area contributed by atoms with Crippen molar-refractivity contribution in [3.8, 4) is 11.5 Å². The molecular weight excluding hydrogens is 192 g/mol. The van der Waals surface area contributed by atoms with Crippen molar-refractivity contribution in [3.63, 3.8) is 0 Å². The first-order chi connectivity index (χ1) is 7.25. The van der Waals surface area contributed by atoms with Gasteiger partial charge in [0.2, 0.25) is 0 Å². The fourth-order valence-corrected chi connectivity index (χ4v) is 1.29. The molecule has 2 rings (SSSR count). The molecule has 0 fully saturated rings. The van der Waals surface area contributed by atoms with Crippen LogP contribution in [0.5, 0.6) is 11.5 Å². The van der Waals surface area contributed by atoms with E-state index < -0.39 is 0 Å². The molecule has 3 nitrogen and oxygen atoms in total. The van der Waals surface area contributed by atoms with Crippen LogP contribution in [-0.4, -0.2) is 11.1 Å². The first-order valence-corrected chi connectivity index (χ1v) is 4.61. The molecule has 0 saturated carbocycles. The Labute approximate surface area is 87.3 Å². The Bertz CT molecular complexity index is 403. The molecule has 0 heterocycles. The van der Waals surface area contributed by atoms with Gasteiger partial charge in [-0.1, -0.05) is 24.3 Å². The second-order valence-electron chi connectivity index (χ2n) is 3.21. The fraction of sp³-hybridized carbons (Fsp3) is 0.0833. The smallest absolute Gasteiger partial charge is 0.322 e. The van der Waals surface area contributed by atoms with Gasteiger partial charge in [0.15, 0.2) is 0 Å². The summed E-state index contributed by atoms with van der Waals surface area (Å²) in [5.41, 5.74) is 0. The van der Waals surface area contributed by atoms with Gasteiger partial charge in [0.1, 0.15) is 11.5 Å². The molecule has 1 aliphatic carbocycles. The quantitative estimate of drug-likeness (QED) is 0.589. The maximum absolute atomic E-state index is 11.5. The van der Waals surface area contributed by atoms with E-state index in [1.807, 2.05) is 12.2 Å². The molecule has 1 aromatic carbocycles. The Kier molecular flexibility index (Phi) is 2.54. The Morgan fingerprint density at radius 1 is 1.13 bits per heavy atom. The minimum absolute atomic E-state index is 0.149. The number of hydrogen-bond donors (Lipinski definition) is 1. The summed E-state index contributed by atoms with van der Waals surface area (Å²) in [6.45, 7) is 0. The second-order valence-corrected chi connectivity index (χ2v) is 3.21. The molecule has 0 bridgehead atoms. The van der Waals surface area contributed by atoms with Gasteiger partial charge in [-0.05, 0) is 24.3 Å². The van der Waals surface area contributed by atoms with Crippen molar-refractivity contribution >= 4 is 5.97 Å². The van der Waals surface area contributed by atoms with Crippen LogP contribution in [0.3, 0.4) is 0 Å². The van der Waals surface area contributed by atoms with Crippen LogP contribution in [-0.2, 0) is 4.79 Å². The number of rotatable bonds is 2. The number of hydrogen-bond acceptors (Lipinski definition) is 3. The molecule has 0 radical (unpaired) electrons. The lowest BCUT2D eigenvalue weighted by Crippen LogP contribution is -2.15. The summed E-state index contributed by atoms with van der Waals surface area (Å²) < 4.78 is 5.10. The van der Waals surface area contributed by atoms with Gasteiger partial charge in [-0.15, -0.1) is 0 Å². The number of ether oxygens (including phenoxy) is 1. The molecule has 0 atom stereocenters. The molecule has 1 aromatic rings. The van der Waals surface area contributed by atoms with Gasteiger partial charge in [-0.25, -0.2) is 0 Å². The highest BCUT2D eigenvalue weighted by molar-refractivity contribution is 5.79. The molecule has 1 aliphatic rings. The third-order valence-electron chi connectivity index (χ3n) is 2.08. The van der Waals surface area contributed by atoms with Crippen LogP contribution in [0.25, 0.3) is 0 Å². The van der Waals surface area contributed by atoms with E-state index in [2.05, 4.69) is 0 Å².